The Hall–Kier alpha value is -3.83. The van der Waals surface area contributed by atoms with Crippen LogP contribution in [0.15, 0.2) is 97.1 Å². The van der Waals surface area contributed by atoms with Crippen LogP contribution in [0.2, 0.25) is 5.02 Å². The number of carbonyl (C=O) groups excluding carboxylic acids is 2. The Kier molecular flexibility index (Phi) is 9.17. The number of ether oxygens (including phenoxy) is 1. The summed E-state index contributed by atoms with van der Waals surface area (Å²) in [6.45, 7) is 2.52. The van der Waals surface area contributed by atoms with Crippen molar-refractivity contribution in [3.05, 3.63) is 113 Å². The van der Waals surface area contributed by atoms with Crippen molar-refractivity contribution in [1.82, 2.24) is 10.2 Å². The second-order valence-corrected chi connectivity index (χ2v) is 9.28. The molecule has 1 N–H and O–H groups in total. The molecule has 4 rings (SSSR count). The summed E-state index contributed by atoms with van der Waals surface area (Å²) in [6, 6.07) is 30.0. The Balaban J connectivity index is 1.64. The lowest BCUT2D eigenvalue weighted by molar-refractivity contribution is -0.142. The van der Waals surface area contributed by atoms with Crippen LogP contribution in [0.4, 0.5) is 0 Å². The highest BCUT2D eigenvalue weighted by Crippen LogP contribution is 2.26. The average Bonchev–Trinajstić information content (AvgIpc) is 2.93. The Morgan fingerprint density at radius 2 is 1.59 bits per heavy atom. The van der Waals surface area contributed by atoms with E-state index in [0.29, 0.717) is 23.7 Å². The van der Waals surface area contributed by atoms with E-state index in [1.54, 1.807) is 11.0 Å². The minimum Gasteiger partial charge on any atom is -0.483 e. The Morgan fingerprint density at radius 3 is 2.38 bits per heavy atom. The molecule has 0 fully saturated rings. The standard InChI is InChI=1S/C31H31ClN2O3/c1-2-19-33-31(36)28(20-23-11-4-3-5-12-23)34(21-25-14-7-9-17-27(25)32)30(35)22-37-29-18-10-15-24-13-6-8-16-26(24)29/h3-18,28H,2,19-22H2,1H3,(H,33,36). The summed E-state index contributed by atoms with van der Waals surface area (Å²) in [4.78, 5) is 28.7. The fourth-order valence-corrected chi connectivity index (χ4v) is 4.47. The van der Waals surface area contributed by atoms with Crippen molar-refractivity contribution < 1.29 is 14.3 Å². The molecule has 0 radical (unpaired) electrons. The van der Waals surface area contributed by atoms with Crippen LogP contribution in [0.1, 0.15) is 24.5 Å². The normalized spacial score (nSPS) is 11.6. The van der Waals surface area contributed by atoms with E-state index in [1.807, 2.05) is 97.9 Å². The molecule has 37 heavy (non-hydrogen) atoms. The van der Waals surface area contributed by atoms with Gasteiger partial charge in [0.2, 0.25) is 5.91 Å². The molecule has 6 heteroatoms. The quantitative estimate of drug-likeness (QED) is 0.265. The van der Waals surface area contributed by atoms with Crippen LogP contribution in [0.25, 0.3) is 10.8 Å². The van der Waals surface area contributed by atoms with Crippen LogP contribution in [0.3, 0.4) is 0 Å². The molecule has 0 saturated carbocycles. The van der Waals surface area contributed by atoms with Gasteiger partial charge in [-0.25, -0.2) is 0 Å². The molecule has 0 aliphatic heterocycles. The van der Waals surface area contributed by atoms with E-state index in [4.69, 9.17) is 16.3 Å². The molecule has 1 unspecified atom stereocenters. The van der Waals surface area contributed by atoms with Gasteiger partial charge in [-0.2, -0.15) is 0 Å². The molecule has 0 spiro atoms. The van der Waals surface area contributed by atoms with Crippen LogP contribution in [0, 0.1) is 0 Å². The van der Waals surface area contributed by atoms with Crippen molar-refractivity contribution in [3.8, 4) is 5.75 Å². The first kappa shape index (κ1) is 26.2. The monoisotopic (exact) mass is 514 g/mol. The number of benzene rings is 4. The fraction of sp³-hybridized carbons (Fsp3) is 0.226. The smallest absolute Gasteiger partial charge is 0.261 e. The van der Waals surface area contributed by atoms with Crippen molar-refractivity contribution in [1.29, 1.82) is 0 Å². The highest BCUT2D eigenvalue weighted by molar-refractivity contribution is 6.31. The number of amides is 2. The molecule has 0 heterocycles. The molecule has 0 bridgehead atoms. The van der Waals surface area contributed by atoms with Crippen LogP contribution < -0.4 is 10.1 Å². The van der Waals surface area contributed by atoms with E-state index < -0.39 is 6.04 Å². The lowest BCUT2D eigenvalue weighted by atomic mass is 10.0. The van der Waals surface area contributed by atoms with E-state index in [0.717, 1.165) is 28.3 Å². The van der Waals surface area contributed by atoms with E-state index >= 15 is 0 Å². The van der Waals surface area contributed by atoms with Gasteiger partial charge in [0.1, 0.15) is 11.8 Å². The summed E-state index contributed by atoms with van der Waals surface area (Å²) in [6.07, 6.45) is 1.17. The zero-order valence-electron chi connectivity index (χ0n) is 20.9. The van der Waals surface area contributed by atoms with Crippen LogP contribution in [-0.2, 0) is 22.6 Å². The number of hydrogen-bond donors (Lipinski definition) is 1. The third kappa shape index (κ3) is 6.89. The molecule has 190 valence electrons. The fourth-order valence-electron chi connectivity index (χ4n) is 4.27. The maximum absolute atomic E-state index is 13.8. The average molecular weight is 515 g/mol. The van der Waals surface area contributed by atoms with E-state index in [2.05, 4.69) is 5.32 Å². The maximum Gasteiger partial charge on any atom is 0.261 e. The molecule has 5 nitrogen and oxygen atoms in total. The van der Waals surface area contributed by atoms with Crippen LogP contribution >= 0.6 is 11.6 Å². The number of fused-ring (bicyclic) bond motifs is 1. The van der Waals surface area contributed by atoms with E-state index in [9.17, 15) is 9.59 Å². The predicted octanol–water partition coefficient (Wildman–Crippen LogP) is 6.04. The molecule has 0 aromatic heterocycles. The zero-order chi connectivity index (χ0) is 26.0. The van der Waals surface area contributed by atoms with Crippen molar-refractivity contribution in [3.63, 3.8) is 0 Å². The summed E-state index contributed by atoms with van der Waals surface area (Å²) in [5.74, 6) is 0.135. The summed E-state index contributed by atoms with van der Waals surface area (Å²) in [5, 5.41) is 5.48. The molecule has 1 atom stereocenters. The Bertz CT molecular complexity index is 1340. The Labute approximate surface area is 223 Å². The van der Waals surface area contributed by atoms with Gasteiger partial charge in [0, 0.05) is 29.9 Å². The number of nitrogens with zero attached hydrogens (tertiary/aromatic N) is 1. The topological polar surface area (TPSA) is 58.6 Å². The van der Waals surface area contributed by atoms with Gasteiger partial charge in [-0.15, -0.1) is 0 Å². The summed E-state index contributed by atoms with van der Waals surface area (Å²) in [7, 11) is 0. The van der Waals surface area contributed by atoms with E-state index in [1.165, 1.54) is 0 Å². The molecule has 0 aliphatic rings. The minimum atomic E-state index is -0.728. The molecule has 4 aromatic rings. The van der Waals surface area contributed by atoms with Gasteiger partial charge in [-0.05, 0) is 35.1 Å². The summed E-state index contributed by atoms with van der Waals surface area (Å²) < 4.78 is 6.04. The molecule has 2 amide bonds. The first-order valence-electron chi connectivity index (χ1n) is 12.5. The van der Waals surface area contributed by atoms with Crippen molar-refractivity contribution in [2.45, 2.75) is 32.4 Å². The molecule has 0 aliphatic carbocycles. The number of hydrogen-bond acceptors (Lipinski definition) is 3. The minimum absolute atomic E-state index is 0.189. The van der Waals surface area contributed by atoms with Crippen molar-refractivity contribution in [2.24, 2.45) is 0 Å². The third-order valence-electron chi connectivity index (χ3n) is 6.22. The van der Waals surface area contributed by atoms with Gasteiger partial charge in [0.05, 0.1) is 0 Å². The molecule has 4 aromatic carbocycles. The second-order valence-electron chi connectivity index (χ2n) is 8.88. The van der Waals surface area contributed by atoms with Gasteiger partial charge in [-0.1, -0.05) is 103 Å². The first-order chi connectivity index (χ1) is 18.1. The van der Waals surface area contributed by atoms with Gasteiger partial charge in [0.25, 0.3) is 5.91 Å². The zero-order valence-corrected chi connectivity index (χ0v) is 21.7. The summed E-state index contributed by atoms with van der Waals surface area (Å²) in [5.41, 5.74) is 1.73. The van der Waals surface area contributed by atoms with Gasteiger partial charge in [0.15, 0.2) is 6.61 Å². The number of halogens is 1. The van der Waals surface area contributed by atoms with Crippen molar-refractivity contribution in [2.75, 3.05) is 13.2 Å². The second kappa shape index (κ2) is 12.9. The van der Waals surface area contributed by atoms with Gasteiger partial charge < -0.3 is 15.0 Å². The van der Waals surface area contributed by atoms with Crippen LogP contribution in [-0.4, -0.2) is 35.9 Å². The highest BCUT2D eigenvalue weighted by Gasteiger charge is 2.31. The van der Waals surface area contributed by atoms with Gasteiger partial charge in [-0.3, -0.25) is 9.59 Å². The number of rotatable bonds is 11. The van der Waals surface area contributed by atoms with Crippen LogP contribution in [0.5, 0.6) is 5.75 Å². The van der Waals surface area contributed by atoms with Gasteiger partial charge >= 0.3 is 0 Å². The lowest BCUT2D eigenvalue weighted by Crippen LogP contribution is -2.51. The molecular formula is C31H31ClN2O3. The lowest BCUT2D eigenvalue weighted by Gasteiger charge is -2.31. The molecule has 0 saturated heterocycles. The van der Waals surface area contributed by atoms with E-state index in [-0.39, 0.29) is 25.0 Å². The number of carbonyl (C=O) groups is 2. The largest absolute Gasteiger partial charge is 0.483 e. The predicted molar refractivity (Wildman–Crippen MR) is 149 cm³/mol. The maximum atomic E-state index is 13.8. The molecular weight excluding hydrogens is 484 g/mol. The Morgan fingerprint density at radius 1 is 0.892 bits per heavy atom. The first-order valence-corrected chi connectivity index (χ1v) is 12.9. The highest BCUT2D eigenvalue weighted by atomic mass is 35.5. The third-order valence-corrected chi connectivity index (χ3v) is 6.59. The van der Waals surface area contributed by atoms with Crippen molar-refractivity contribution >= 4 is 34.2 Å². The number of nitrogens with one attached hydrogen (secondary N) is 1. The summed E-state index contributed by atoms with van der Waals surface area (Å²) >= 11 is 6.47. The SMILES string of the molecule is CCCNC(=O)C(Cc1ccccc1)N(Cc1ccccc1Cl)C(=O)COc1cccc2ccccc12.